The molecule has 26 heavy (non-hydrogen) atoms. The first-order chi connectivity index (χ1) is 12.5. The van der Waals surface area contributed by atoms with E-state index in [1.807, 2.05) is 24.3 Å². The molecule has 1 saturated heterocycles. The van der Waals surface area contributed by atoms with Crippen LogP contribution in [0.15, 0.2) is 35.1 Å². The van der Waals surface area contributed by atoms with E-state index >= 15 is 0 Å². The van der Waals surface area contributed by atoms with Crippen LogP contribution in [0.3, 0.4) is 0 Å². The van der Waals surface area contributed by atoms with Gasteiger partial charge in [-0.25, -0.2) is 4.98 Å². The van der Waals surface area contributed by atoms with E-state index in [0.717, 1.165) is 10.0 Å². The molecular weight excluding hydrogens is 426 g/mol. The van der Waals surface area contributed by atoms with Gasteiger partial charge in [0.2, 0.25) is 5.28 Å². The summed E-state index contributed by atoms with van der Waals surface area (Å²) in [4.78, 5) is 12.7. The summed E-state index contributed by atoms with van der Waals surface area (Å²) in [6.07, 6.45) is -1.31. The van der Waals surface area contributed by atoms with E-state index in [1.165, 1.54) is 6.33 Å². The lowest BCUT2D eigenvalue weighted by atomic mass is 10.2. The highest BCUT2D eigenvalue weighted by atomic mass is 79.9. The second-order valence-electron chi connectivity index (χ2n) is 5.93. The molecule has 1 aromatic carbocycles. The number of aliphatic hydroxyl groups excluding tert-OH is 2. The summed E-state index contributed by atoms with van der Waals surface area (Å²) < 4.78 is 7.98. The van der Waals surface area contributed by atoms with Crippen LogP contribution < -0.4 is 5.32 Å². The van der Waals surface area contributed by atoms with Gasteiger partial charge in [0.15, 0.2) is 23.2 Å². The third-order valence-corrected chi connectivity index (χ3v) is 4.80. The first kappa shape index (κ1) is 17.6. The first-order valence-electron chi connectivity index (χ1n) is 7.89. The normalized spacial score (nSPS) is 22.8. The number of aromatic nitrogens is 4. The minimum atomic E-state index is -1.07. The summed E-state index contributed by atoms with van der Waals surface area (Å²) in [6.45, 7) is 0.564. The minimum absolute atomic E-state index is 0.0400. The molecule has 2 aromatic heterocycles. The van der Waals surface area contributed by atoms with E-state index < -0.39 is 18.4 Å². The zero-order chi connectivity index (χ0) is 18.3. The standard InChI is InChI=1S/C16H15BrClN5O3/c17-9-3-1-2-8(4-9)5-19-13-11-14(22-16(18)21-13)23(7-20-11)15-12(25)10(24)6-26-15/h1-4,7,10,12,15,24-25H,5-6H2,(H,19,21,22)/t10-,12+,15+/m0/s1. The van der Waals surface area contributed by atoms with Gasteiger partial charge in [-0.05, 0) is 29.3 Å². The maximum absolute atomic E-state index is 10.1. The predicted octanol–water partition coefficient (Wildman–Crippen LogP) is 2.10. The average molecular weight is 441 g/mol. The van der Waals surface area contributed by atoms with Crippen LogP contribution in [-0.4, -0.2) is 48.5 Å². The summed E-state index contributed by atoms with van der Waals surface area (Å²) in [5.41, 5.74) is 1.97. The topological polar surface area (TPSA) is 105 Å². The van der Waals surface area contributed by atoms with E-state index in [1.54, 1.807) is 4.57 Å². The molecule has 3 heterocycles. The van der Waals surface area contributed by atoms with Crippen LogP contribution >= 0.6 is 27.5 Å². The first-order valence-corrected chi connectivity index (χ1v) is 9.06. The highest BCUT2D eigenvalue weighted by molar-refractivity contribution is 9.10. The lowest BCUT2D eigenvalue weighted by Crippen LogP contribution is -2.28. The number of nitrogens with zero attached hydrogens (tertiary/aromatic N) is 4. The van der Waals surface area contributed by atoms with Gasteiger partial charge >= 0.3 is 0 Å². The summed E-state index contributed by atoms with van der Waals surface area (Å²) in [5, 5.41) is 23.0. The van der Waals surface area contributed by atoms with Crippen LogP contribution in [0.4, 0.5) is 5.82 Å². The Balaban J connectivity index is 1.66. The van der Waals surface area contributed by atoms with Crippen LogP contribution in [-0.2, 0) is 11.3 Å². The van der Waals surface area contributed by atoms with Crippen LogP contribution in [0.2, 0.25) is 5.28 Å². The van der Waals surface area contributed by atoms with Gasteiger partial charge < -0.3 is 20.3 Å². The summed E-state index contributed by atoms with van der Waals surface area (Å²) >= 11 is 9.51. The Kier molecular flexibility index (Phi) is 4.80. The quantitative estimate of drug-likeness (QED) is 0.534. The number of hydrogen-bond acceptors (Lipinski definition) is 7. The number of anilines is 1. The van der Waals surface area contributed by atoms with E-state index in [2.05, 4.69) is 36.2 Å². The van der Waals surface area contributed by atoms with Crippen molar-refractivity contribution in [3.05, 3.63) is 45.9 Å². The Morgan fingerprint density at radius 1 is 1.35 bits per heavy atom. The van der Waals surface area contributed by atoms with E-state index in [4.69, 9.17) is 16.3 Å². The average Bonchev–Trinajstić information content (AvgIpc) is 3.17. The zero-order valence-corrected chi connectivity index (χ0v) is 15.7. The van der Waals surface area contributed by atoms with Gasteiger partial charge in [-0.3, -0.25) is 4.57 Å². The van der Waals surface area contributed by atoms with E-state index in [0.29, 0.717) is 23.5 Å². The molecule has 10 heteroatoms. The minimum Gasteiger partial charge on any atom is -0.388 e. The maximum Gasteiger partial charge on any atom is 0.226 e. The molecule has 0 amide bonds. The van der Waals surface area contributed by atoms with E-state index in [-0.39, 0.29) is 11.9 Å². The molecule has 8 nitrogen and oxygen atoms in total. The third kappa shape index (κ3) is 3.28. The lowest BCUT2D eigenvalue weighted by molar-refractivity contribution is -0.0162. The number of hydrogen-bond donors (Lipinski definition) is 3. The third-order valence-electron chi connectivity index (χ3n) is 4.14. The van der Waals surface area contributed by atoms with Crippen molar-refractivity contribution in [2.24, 2.45) is 0 Å². The van der Waals surface area contributed by atoms with Crippen molar-refractivity contribution in [1.82, 2.24) is 19.5 Å². The van der Waals surface area contributed by atoms with E-state index in [9.17, 15) is 10.2 Å². The molecule has 3 aromatic rings. The highest BCUT2D eigenvalue weighted by Gasteiger charge is 2.37. The molecular formula is C16H15BrClN5O3. The Morgan fingerprint density at radius 3 is 2.92 bits per heavy atom. The van der Waals surface area contributed by atoms with Gasteiger partial charge in [0.1, 0.15) is 12.2 Å². The summed E-state index contributed by atoms with van der Waals surface area (Å²) in [7, 11) is 0. The zero-order valence-electron chi connectivity index (χ0n) is 13.4. The number of aliphatic hydroxyl groups is 2. The molecule has 0 aliphatic carbocycles. The van der Waals surface area contributed by atoms with Gasteiger partial charge in [0, 0.05) is 11.0 Å². The second-order valence-corrected chi connectivity index (χ2v) is 7.18. The molecule has 0 radical (unpaired) electrons. The van der Waals surface area contributed by atoms with Crippen LogP contribution in [0, 0.1) is 0 Å². The van der Waals surface area contributed by atoms with Crippen molar-refractivity contribution in [3.8, 4) is 0 Å². The summed E-state index contributed by atoms with van der Waals surface area (Å²) in [6, 6.07) is 7.88. The van der Waals surface area contributed by atoms with Crippen molar-refractivity contribution in [2.75, 3.05) is 11.9 Å². The van der Waals surface area contributed by atoms with Crippen LogP contribution in [0.5, 0.6) is 0 Å². The van der Waals surface area contributed by atoms with Crippen LogP contribution in [0.1, 0.15) is 11.8 Å². The number of rotatable bonds is 4. The smallest absolute Gasteiger partial charge is 0.226 e. The molecule has 1 aliphatic heterocycles. The fourth-order valence-corrected chi connectivity index (χ4v) is 3.47. The number of benzene rings is 1. The largest absolute Gasteiger partial charge is 0.388 e. The molecule has 1 aliphatic rings. The molecule has 0 spiro atoms. The SMILES string of the molecule is O[C@H]1[C@H](n2cnc3c(NCc4cccc(Br)c4)nc(Cl)nc32)OC[C@@H]1O. The lowest BCUT2D eigenvalue weighted by Gasteiger charge is -2.16. The number of ether oxygens (including phenoxy) is 1. The number of halogens is 2. The van der Waals surface area contributed by atoms with Gasteiger partial charge in [0.05, 0.1) is 12.9 Å². The number of imidazole rings is 1. The molecule has 3 N–H and O–H groups in total. The van der Waals surface area contributed by atoms with Crippen molar-refractivity contribution in [1.29, 1.82) is 0 Å². The van der Waals surface area contributed by atoms with Gasteiger partial charge in [-0.1, -0.05) is 28.1 Å². The Labute approximate surface area is 161 Å². The van der Waals surface area contributed by atoms with Crippen molar-refractivity contribution in [2.45, 2.75) is 25.0 Å². The molecule has 1 fully saturated rings. The van der Waals surface area contributed by atoms with Crippen molar-refractivity contribution >= 4 is 44.5 Å². The predicted molar refractivity (Wildman–Crippen MR) is 98.8 cm³/mol. The molecule has 4 rings (SSSR count). The second kappa shape index (κ2) is 7.09. The Bertz CT molecular complexity index is 953. The maximum atomic E-state index is 10.1. The molecule has 136 valence electrons. The van der Waals surface area contributed by atoms with Gasteiger partial charge in [-0.15, -0.1) is 0 Å². The Hall–Kier alpha value is -1.78. The molecule has 3 atom stereocenters. The fourth-order valence-electron chi connectivity index (χ4n) is 2.86. The number of nitrogens with one attached hydrogen (secondary N) is 1. The van der Waals surface area contributed by atoms with Gasteiger partial charge in [0.25, 0.3) is 0 Å². The van der Waals surface area contributed by atoms with Crippen molar-refractivity contribution in [3.63, 3.8) is 0 Å². The molecule has 0 unspecified atom stereocenters. The number of fused-ring (bicyclic) bond motifs is 1. The van der Waals surface area contributed by atoms with Crippen molar-refractivity contribution < 1.29 is 14.9 Å². The van der Waals surface area contributed by atoms with Gasteiger partial charge in [-0.2, -0.15) is 9.97 Å². The molecule has 0 saturated carbocycles. The molecule has 0 bridgehead atoms. The monoisotopic (exact) mass is 439 g/mol. The highest BCUT2D eigenvalue weighted by Crippen LogP contribution is 2.29. The fraction of sp³-hybridized carbons (Fsp3) is 0.312. The van der Waals surface area contributed by atoms with Crippen LogP contribution in [0.25, 0.3) is 11.2 Å². The Morgan fingerprint density at radius 2 is 2.19 bits per heavy atom. The summed E-state index contributed by atoms with van der Waals surface area (Å²) in [5.74, 6) is 0.478.